The average molecular weight is 380 g/mol. The first-order valence-corrected chi connectivity index (χ1v) is 9.73. The Labute approximate surface area is 165 Å². The number of aliphatic hydroxyl groups excluding tert-OH is 1. The van der Waals surface area contributed by atoms with Crippen LogP contribution in [0.1, 0.15) is 28.7 Å². The smallest absolute Gasteiger partial charge is 0.142 e. The molecule has 4 rings (SSSR count). The molecule has 3 heterocycles. The monoisotopic (exact) mass is 380 g/mol. The van der Waals surface area contributed by atoms with Crippen LogP contribution in [0, 0.1) is 6.92 Å². The highest BCUT2D eigenvalue weighted by Gasteiger charge is 2.24. The Bertz CT molecular complexity index is 938. The predicted molar refractivity (Wildman–Crippen MR) is 109 cm³/mol. The van der Waals surface area contributed by atoms with E-state index in [1.807, 2.05) is 47.7 Å². The van der Waals surface area contributed by atoms with E-state index in [1.165, 1.54) is 5.56 Å². The minimum atomic E-state index is -0.729. The summed E-state index contributed by atoms with van der Waals surface area (Å²) in [7, 11) is 3.88. The molecule has 1 aromatic carbocycles. The highest BCUT2D eigenvalue weighted by atomic mass is 16.3. The lowest BCUT2D eigenvalue weighted by atomic mass is 10.0. The first-order chi connectivity index (χ1) is 13.5. The summed E-state index contributed by atoms with van der Waals surface area (Å²) in [5.41, 5.74) is 4.40. The molecule has 0 amide bonds. The molecule has 28 heavy (non-hydrogen) atoms. The van der Waals surface area contributed by atoms with Crippen LogP contribution in [-0.4, -0.2) is 55.5 Å². The summed E-state index contributed by atoms with van der Waals surface area (Å²) in [5.74, 6) is 0.665. The van der Waals surface area contributed by atoms with Gasteiger partial charge < -0.3 is 14.6 Å². The normalized spacial score (nSPS) is 16.5. The molecule has 1 aliphatic rings. The van der Waals surface area contributed by atoms with E-state index in [0.29, 0.717) is 5.82 Å². The molecule has 0 aliphatic carbocycles. The maximum Gasteiger partial charge on any atom is 0.142 e. The molecule has 1 aliphatic heterocycles. The van der Waals surface area contributed by atoms with Gasteiger partial charge in [-0.25, -0.2) is 4.98 Å². The van der Waals surface area contributed by atoms with Crippen molar-refractivity contribution < 1.29 is 5.11 Å². The largest absolute Gasteiger partial charge is 0.380 e. The van der Waals surface area contributed by atoms with Crippen LogP contribution in [0.2, 0.25) is 0 Å². The van der Waals surface area contributed by atoms with E-state index in [4.69, 9.17) is 0 Å². The minimum Gasteiger partial charge on any atom is -0.380 e. The fourth-order valence-electron chi connectivity index (χ4n) is 3.98. The molecular formula is C21H28N6O. The highest BCUT2D eigenvalue weighted by molar-refractivity contribution is 5.56. The molecule has 0 bridgehead atoms. The topological polar surface area (TPSA) is 62.4 Å². The quantitative estimate of drug-likeness (QED) is 0.732. The first-order valence-electron chi connectivity index (χ1n) is 9.73. The Morgan fingerprint density at radius 3 is 2.50 bits per heavy atom. The SMILES string of the molecule is Cc1nn(C)cc1CN1CCN(c2ccccc2C(O)c2nccn2C)CC1. The summed E-state index contributed by atoms with van der Waals surface area (Å²) in [6.07, 6.45) is 4.97. The van der Waals surface area contributed by atoms with E-state index in [-0.39, 0.29) is 0 Å². The number of nitrogens with zero attached hydrogens (tertiary/aromatic N) is 6. The third kappa shape index (κ3) is 3.68. The molecule has 2 aromatic heterocycles. The van der Waals surface area contributed by atoms with Crippen molar-refractivity contribution in [3.63, 3.8) is 0 Å². The van der Waals surface area contributed by atoms with Crippen LogP contribution in [0.4, 0.5) is 5.69 Å². The molecule has 1 N–H and O–H groups in total. The maximum absolute atomic E-state index is 10.9. The zero-order chi connectivity index (χ0) is 19.7. The van der Waals surface area contributed by atoms with Crippen molar-refractivity contribution in [2.24, 2.45) is 14.1 Å². The van der Waals surface area contributed by atoms with Gasteiger partial charge in [-0.1, -0.05) is 18.2 Å². The number of anilines is 1. The number of hydrogen-bond donors (Lipinski definition) is 1. The summed E-state index contributed by atoms with van der Waals surface area (Å²) in [5, 5.41) is 15.4. The zero-order valence-corrected chi connectivity index (χ0v) is 16.8. The Morgan fingerprint density at radius 1 is 1.11 bits per heavy atom. The summed E-state index contributed by atoms with van der Waals surface area (Å²) >= 11 is 0. The summed E-state index contributed by atoms with van der Waals surface area (Å²) in [6.45, 7) is 6.85. The second kappa shape index (κ2) is 7.77. The predicted octanol–water partition coefficient (Wildman–Crippen LogP) is 1.87. The lowest BCUT2D eigenvalue weighted by molar-refractivity contribution is 0.205. The molecule has 0 saturated carbocycles. The molecular weight excluding hydrogens is 352 g/mol. The van der Waals surface area contributed by atoms with E-state index in [9.17, 15) is 5.11 Å². The number of imidazole rings is 1. The van der Waals surface area contributed by atoms with Crippen LogP contribution in [0.15, 0.2) is 42.9 Å². The van der Waals surface area contributed by atoms with Crippen LogP contribution in [0.25, 0.3) is 0 Å². The molecule has 0 radical (unpaired) electrons. The molecule has 3 aromatic rings. The standard InChI is InChI=1S/C21H28N6O/c1-16-17(14-25(3)23-16)15-26-10-12-27(13-11-26)19-7-5-4-6-18(19)20(28)21-22-8-9-24(21)2/h4-9,14,20,28H,10-13,15H2,1-3H3. The van der Waals surface area contributed by atoms with E-state index >= 15 is 0 Å². The Morgan fingerprint density at radius 2 is 1.86 bits per heavy atom. The summed E-state index contributed by atoms with van der Waals surface area (Å²) in [4.78, 5) is 9.17. The van der Waals surface area contributed by atoms with Gasteiger partial charge in [0.25, 0.3) is 0 Å². The van der Waals surface area contributed by atoms with Crippen molar-refractivity contribution in [1.82, 2.24) is 24.2 Å². The number of benzene rings is 1. The zero-order valence-electron chi connectivity index (χ0n) is 16.8. The van der Waals surface area contributed by atoms with Gasteiger partial charge in [-0.15, -0.1) is 0 Å². The van der Waals surface area contributed by atoms with Gasteiger partial charge in [0.2, 0.25) is 0 Å². The number of aliphatic hydroxyl groups is 1. The molecule has 1 fully saturated rings. The molecule has 0 spiro atoms. The van der Waals surface area contributed by atoms with E-state index < -0.39 is 6.10 Å². The lowest BCUT2D eigenvalue weighted by Gasteiger charge is -2.37. The highest BCUT2D eigenvalue weighted by Crippen LogP contribution is 2.30. The Hall–Kier alpha value is -2.64. The summed E-state index contributed by atoms with van der Waals surface area (Å²) < 4.78 is 3.76. The number of aromatic nitrogens is 4. The van der Waals surface area contributed by atoms with Gasteiger partial charge in [-0.2, -0.15) is 5.10 Å². The third-order valence-corrected chi connectivity index (χ3v) is 5.56. The maximum atomic E-state index is 10.9. The van der Waals surface area contributed by atoms with Crippen molar-refractivity contribution in [2.75, 3.05) is 31.1 Å². The fraction of sp³-hybridized carbons (Fsp3) is 0.429. The molecule has 7 nitrogen and oxygen atoms in total. The van der Waals surface area contributed by atoms with Crippen molar-refractivity contribution in [3.8, 4) is 0 Å². The van der Waals surface area contributed by atoms with Crippen LogP contribution in [0.3, 0.4) is 0 Å². The average Bonchev–Trinajstić information content (AvgIpc) is 3.26. The second-order valence-corrected chi connectivity index (χ2v) is 7.53. The first kappa shape index (κ1) is 18.7. The van der Waals surface area contributed by atoms with Crippen LogP contribution in [0.5, 0.6) is 0 Å². The molecule has 1 saturated heterocycles. The van der Waals surface area contributed by atoms with Crippen molar-refractivity contribution in [3.05, 3.63) is 65.5 Å². The lowest BCUT2D eigenvalue weighted by Crippen LogP contribution is -2.46. The van der Waals surface area contributed by atoms with E-state index in [0.717, 1.165) is 49.7 Å². The number of aryl methyl sites for hydroxylation is 3. The van der Waals surface area contributed by atoms with Crippen LogP contribution < -0.4 is 4.90 Å². The van der Waals surface area contributed by atoms with Gasteiger partial charge in [0.15, 0.2) is 0 Å². The van der Waals surface area contributed by atoms with Crippen molar-refractivity contribution >= 4 is 5.69 Å². The molecule has 1 unspecified atom stereocenters. The van der Waals surface area contributed by atoms with Crippen molar-refractivity contribution in [2.45, 2.75) is 19.6 Å². The van der Waals surface area contributed by atoms with Gasteiger partial charge in [0, 0.05) is 82.2 Å². The van der Waals surface area contributed by atoms with Gasteiger partial charge >= 0.3 is 0 Å². The van der Waals surface area contributed by atoms with Crippen molar-refractivity contribution in [1.29, 1.82) is 0 Å². The number of hydrogen-bond acceptors (Lipinski definition) is 5. The van der Waals surface area contributed by atoms with E-state index in [2.05, 4.69) is 39.1 Å². The number of piperazine rings is 1. The van der Waals surface area contributed by atoms with Crippen LogP contribution >= 0.6 is 0 Å². The molecule has 148 valence electrons. The number of para-hydroxylation sites is 1. The van der Waals surface area contributed by atoms with Crippen LogP contribution in [-0.2, 0) is 20.6 Å². The minimum absolute atomic E-state index is 0.665. The van der Waals surface area contributed by atoms with Gasteiger partial charge in [-0.05, 0) is 13.0 Å². The Balaban J connectivity index is 1.46. The van der Waals surface area contributed by atoms with Gasteiger partial charge in [0.05, 0.1) is 5.69 Å². The van der Waals surface area contributed by atoms with E-state index in [1.54, 1.807) is 6.20 Å². The fourth-order valence-corrected chi connectivity index (χ4v) is 3.98. The summed E-state index contributed by atoms with van der Waals surface area (Å²) in [6, 6.07) is 8.12. The second-order valence-electron chi connectivity index (χ2n) is 7.53. The third-order valence-electron chi connectivity index (χ3n) is 5.56. The molecule has 7 heteroatoms. The molecule has 1 atom stereocenters. The number of rotatable bonds is 5. The van der Waals surface area contributed by atoms with Gasteiger partial charge in [0.1, 0.15) is 11.9 Å². The Kier molecular flexibility index (Phi) is 5.19. The van der Waals surface area contributed by atoms with Gasteiger partial charge in [-0.3, -0.25) is 9.58 Å².